The average Bonchev–Trinajstić information content (AvgIpc) is 2.30. The first-order valence-corrected chi connectivity index (χ1v) is 4.57. The molecular weight excluding hydrogens is 190 g/mol. The van der Waals surface area contributed by atoms with Crippen molar-refractivity contribution in [3.05, 3.63) is 54.1 Å². The van der Waals surface area contributed by atoms with E-state index >= 15 is 0 Å². The molecule has 2 rings (SSSR count). The van der Waals surface area contributed by atoms with Gasteiger partial charge in [-0.25, -0.2) is 0 Å². The van der Waals surface area contributed by atoms with Gasteiger partial charge in [-0.05, 0) is 17.7 Å². The van der Waals surface area contributed by atoms with Gasteiger partial charge in [0.2, 0.25) is 0 Å². The van der Waals surface area contributed by atoms with Gasteiger partial charge in [-0.15, -0.1) is 0 Å². The van der Waals surface area contributed by atoms with Gasteiger partial charge in [0.25, 0.3) is 0 Å². The topological polar surface area (TPSA) is 72.0 Å². The molecule has 0 spiro atoms. The Kier molecular flexibility index (Phi) is 2.60. The molecule has 1 atom stereocenters. The summed E-state index contributed by atoms with van der Waals surface area (Å²) in [6.45, 7) is 0. The van der Waals surface area contributed by atoms with Crippen LogP contribution in [0, 0.1) is 0 Å². The molecule has 1 aromatic heterocycles. The van der Waals surface area contributed by atoms with Crippen LogP contribution in [0.1, 0.15) is 17.4 Å². The summed E-state index contributed by atoms with van der Waals surface area (Å²) in [6, 6.07) is 7.03. The largest absolute Gasteiger partial charge is 0.399 e. The first-order valence-electron chi connectivity index (χ1n) is 4.57. The second kappa shape index (κ2) is 4.06. The summed E-state index contributed by atoms with van der Waals surface area (Å²) in [7, 11) is 0. The van der Waals surface area contributed by atoms with Crippen molar-refractivity contribution in [2.24, 2.45) is 0 Å². The third-order valence-electron chi connectivity index (χ3n) is 2.12. The smallest absolute Gasteiger partial charge is 0.123 e. The SMILES string of the molecule is Nc1ccc(C(O)c2cnccn2)cc1. The molecule has 4 nitrogen and oxygen atoms in total. The maximum absolute atomic E-state index is 9.94. The fourth-order valence-corrected chi connectivity index (χ4v) is 1.30. The van der Waals surface area contributed by atoms with Gasteiger partial charge in [0.1, 0.15) is 6.10 Å². The third kappa shape index (κ3) is 2.11. The fraction of sp³-hybridized carbons (Fsp3) is 0.0909. The van der Waals surface area contributed by atoms with Gasteiger partial charge in [-0.1, -0.05) is 12.1 Å². The number of hydrogen-bond donors (Lipinski definition) is 2. The Bertz CT molecular complexity index is 427. The molecule has 0 saturated heterocycles. The van der Waals surface area contributed by atoms with Crippen LogP contribution in [-0.4, -0.2) is 15.1 Å². The first-order chi connectivity index (χ1) is 7.27. The molecule has 0 aliphatic carbocycles. The molecule has 0 bridgehead atoms. The number of benzene rings is 1. The number of nitrogen functional groups attached to an aromatic ring is 1. The molecule has 76 valence electrons. The van der Waals surface area contributed by atoms with Crippen molar-refractivity contribution in [2.75, 3.05) is 5.73 Å². The van der Waals surface area contributed by atoms with Crippen LogP contribution in [0.4, 0.5) is 5.69 Å². The maximum atomic E-state index is 9.94. The number of nitrogens with two attached hydrogens (primary N) is 1. The number of aliphatic hydroxyl groups excluding tert-OH is 1. The second-order valence-corrected chi connectivity index (χ2v) is 3.20. The number of aliphatic hydroxyl groups is 1. The summed E-state index contributed by atoms with van der Waals surface area (Å²) in [6.07, 6.45) is 3.91. The first kappa shape index (κ1) is 9.61. The molecule has 1 heterocycles. The van der Waals surface area contributed by atoms with Crippen LogP contribution in [0.2, 0.25) is 0 Å². The Balaban J connectivity index is 2.29. The Morgan fingerprint density at radius 2 is 1.87 bits per heavy atom. The highest BCUT2D eigenvalue weighted by atomic mass is 16.3. The Labute approximate surface area is 87.4 Å². The molecule has 1 unspecified atom stereocenters. The van der Waals surface area contributed by atoms with Crippen LogP contribution < -0.4 is 5.73 Å². The summed E-state index contributed by atoms with van der Waals surface area (Å²) >= 11 is 0. The summed E-state index contributed by atoms with van der Waals surface area (Å²) in [5.41, 5.74) is 7.51. The normalized spacial score (nSPS) is 12.3. The molecule has 0 aliphatic rings. The molecule has 1 aromatic carbocycles. The lowest BCUT2D eigenvalue weighted by Crippen LogP contribution is -2.02. The lowest BCUT2D eigenvalue weighted by molar-refractivity contribution is 0.215. The minimum atomic E-state index is -0.751. The van der Waals surface area contributed by atoms with Gasteiger partial charge in [0.15, 0.2) is 0 Å². The highest BCUT2D eigenvalue weighted by Crippen LogP contribution is 2.19. The number of hydrogen-bond acceptors (Lipinski definition) is 4. The minimum Gasteiger partial charge on any atom is -0.399 e. The lowest BCUT2D eigenvalue weighted by Gasteiger charge is -2.09. The van der Waals surface area contributed by atoms with E-state index in [0.717, 1.165) is 5.56 Å². The molecule has 0 saturated carbocycles. The van der Waals surface area contributed by atoms with Gasteiger partial charge in [0, 0.05) is 18.1 Å². The predicted octanol–water partition coefficient (Wildman–Crippen LogP) is 1.14. The number of rotatable bonds is 2. The van der Waals surface area contributed by atoms with Crippen molar-refractivity contribution in [3.8, 4) is 0 Å². The van der Waals surface area contributed by atoms with E-state index in [-0.39, 0.29) is 0 Å². The van der Waals surface area contributed by atoms with E-state index in [2.05, 4.69) is 9.97 Å². The molecule has 4 heteroatoms. The zero-order valence-electron chi connectivity index (χ0n) is 8.04. The lowest BCUT2D eigenvalue weighted by atomic mass is 10.1. The van der Waals surface area contributed by atoms with Crippen LogP contribution >= 0.6 is 0 Å². The summed E-state index contributed by atoms with van der Waals surface area (Å²) in [4.78, 5) is 7.94. The van der Waals surface area contributed by atoms with E-state index in [0.29, 0.717) is 11.4 Å². The molecule has 3 N–H and O–H groups in total. The Hall–Kier alpha value is -1.94. The molecule has 2 aromatic rings. The van der Waals surface area contributed by atoms with Gasteiger partial charge in [-0.3, -0.25) is 9.97 Å². The van der Waals surface area contributed by atoms with E-state index in [9.17, 15) is 5.11 Å². The van der Waals surface area contributed by atoms with Crippen molar-refractivity contribution in [1.82, 2.24) is 9.97 Å². The van der Waals surface area contributed by atoms with Crippen molar-refractivity contribution >= 4 is 5.69 Å². The van der Waals surface area contributed by atoms with Crippen molar-refractivity contribution in [2.45, 2.75) is 6.10 Å². The zero-order chi connectivity index (χ0) is 10.7. The van der Waals surface area contributed by atoms with Crippen LogP contribution in [0.5, 0.6) is 0 Å². The molecule has 0 radical (unpaired) electrons. The molecule has 0 aliphatic heterocycles. The quantitative estimate of drug-likeness (QED) is 0.715. The van der Waals surface area contributed by atoms with Gasteiger partial charge in [-0.2, -0.15) is 0 Å². The van der Waals surface area contributed by atoms with Crippen molar-refractivity contribution < 1.29 is 5.11 Å². The van der Waals surface area contributed by atoms with E-state index in [1.54, 1.807) is 42.9 Å². The molecule has 0 amide bonds. The van der Waals surface area contributed by atoms with Crippen LogP contribution in [0.3, 0.4) is 0 Å². The highest BCUT2D eigenvalue weighted by Gasteiger charge is 2.10. The third-order valence-corrected chi connectivity index (χ3v) is 2.12. The summed E-state index contributed by atoms with van der Waals surface area (Å²) in [5, 5.41) is 9.94. The van der Waals surface area contributed by atoms with E-state index in [1.807, 2.05) is 0 Å². The summed E-state index contributed by atoms with van der Waals surface area (Å²) in [5.74, 6) is 0. The van der Waals surface area contributed by atoms with Crippen molar-refractivity contribution in [1.29, 1.82) is 0 Å². The second-order valence-electron chi connectivity index (χ2n) is 3.20. The van der Waals surface area contributed by atoms with Crippen LogP contribution in [0.25, 0.3) is 0 Å². The molecule has 0 fully saturated rings. The maximum Gasteiger partial charge on any atom is 0.123 e. The number of aromatic nitrogens is 2. The fourth-order valence-electron chi connectivity index (χ4n) is 1.30. The summed E-state index contributed by atoms with van der Waals surface area (Å²) < 4.78 is 0. The van der Waals surface area contributed by atoms with Gasteiger partial charge >= 0.3 is 0 Å². The van der Waals surface area contributed by atoms with E-state index in [1.165, 1.54) is 0 Å². The highest BCUT2D eigenvalue weighted by molar-refractivity contribution is 5.40. The molecule has 15 heavy (non-hydrogen) atoms. The zero-order valence-corrected chi connectivity index (χ0v) is 8.04. The Morgan fingerprint density at radius 1 is 1.13 bits per heavy atom. The van der Waals surface area contributed by atoms with Crippen LogP contribution in [-0.2, 0) is 0 Å². The van der Waals surface area contributed by atoms with Crippen LogP contribution in [0.15, 0.2) is 42.9 Å². The number of anilines is 1. The average molecular weight is 201 g/mol. The standard InChI is InChI=1S/C11H11N3O/c12-9-3-1-8(2-4-9)11(15)10-7-13-5-6-14-10/h1-7,11,15H,12H2. The Morgan fingerprint density at radius 3 is 2.47 bits per heavy atom. The predicted molar refractivity (Wildman–Crippen MR) is 56.9 cm³/mol. The van der Waals surface area contributed by atoms with E-state index < -0.39 is 6.10 Å². The molecular formula is C11H11N3O. The minimum absolute atomic E-state index is 0.530. The number of nitrogens with zero attached hydrogens (tertiary/aromatic N) is 2. The van der Waals surface area contributed by atoms with E-state index in [4.69, 9.17) is 5.73 Å². The monoisotopic (exact) mass is 201 g/mol. The van der Waals surface area contributed by atoms with Gasteiger partial charge < -0.3 is 10.8 Å². The van der Waals surface area contributed by atoms with Gasteiger partial charge in [0.05, 0.1) is 11.9 Å². The van der Waals surface area contributed by atoms with Crippen molar-refractivity contribution in [3.63, 3.8) is 0 Å².